The van der Waals surface area contributed by atoms with Crippen molar-refractivity contribution in [1.29, 1.82) is 0 Å². The lowest BCUT2D eigenvalue weighted by atomic mass is 10.2. The van der Waals surface area contributed by atoms with Gasteiger partial charge in [-0.1, -0.05) is 18.2 Å². The zero-order valence-corrected chi connectivity index (χ0v) is 10.7. The van der Waals surface area contributed by atoms with Crippen LogP contribution >= 0.6 is 11.8 Å². The number of aryl methyl sites for hydroxylation is 1. The molecule has 2 aromatic heterocycles. The van der Waals surface area contributed by atoms with Crippen LogP contribution in [0.2, 0.25) is 0 Å². The third-order valence-electron chi connectivity index (χ3n) is 2.73. The summed E-state index contributed by atoms with van der Waals surface area (Å²) in [7, 11) is 0. The number of fused-ring (bicyclic) bond motifs is 1. The maximum Gasteiger partial charge on any atom is 0.0837 e. The van der Waals surface area contributed by atoms with Gasteiger partial charge in [0.05, 0.1) is 12.1 Å². The number of thioether (sulfide) groups is 1. The predicted molar refractivity (Wildman–Crippen MR) is 74.7 cm³/mol. The minimum Gasteiger partial charge on any atom is -0.272 e. The van der Waals surface area contributed by atoms with E-state index in [9.17, 15) is 0 Å². The summed E-state index contributed by atoms with van der Waals surface area (Å²) in [6.45, 7) is 0.918. The average molecular weight is 255 g/mol. The van der Waals surface area contributed by atoms with Gasteiger partial charge >= 0.3 is 0 Å². The Hall–Kier alpha value is -1.81. The lowest BCUT2D eigenvalue weighted by Gasteiger charge is -2.05. The molecule has 0 bridgehead atoms. The fraction of sp³-hybridized carbons (Fsp3) is 0.143. The summed E-state index contributed by atoms with van der Waals surface area (Å²) < 4.78 is 1.95. The Labute approximate surface area is 110 Å². The van der Waals surface area contributed by atoms with Crippen LogP contribution in [0.3, 0.4) is 0 Å². The van der Waals surface area contributed by atoms with Gasteiger partial charge in [-0.2, -0.15) is 5.10 Å². The molecular formula is C14H13N3S. The van der Waals surface area contributed by atoms with Crippen molar-refractivity contribution < 1.29 is 0 Å². The Morgan fingerprint density at radius 3 is 2.89 bits per heavy atom. The zero-order valence-electron chi connectivity index (χ0n) is 9.86. The van der Waals surface area contributed by atoms with Crippen LogP contribution in [0.1, 0.15) is 0 Å². The van der Waals surface area contributed by atoms with Crippen molar-refractivity contribution in [2.45, 2.75) is 11.4 Å². The van der Waals surface area contributed by atoms with E-state index in [1.54, 1.807) is 0 Å². The van der Waals surface area contributed by atoms with Gasteiger partial charge in [0.15, 0.2) is 0 Å². The number of nitrogens with zero attached hydrogens (tertiary/aromatic N) is 3. The van der Waals surface area contributed by atoms with Crippen LogP contribution in [0.5, 0.6) is 0 Å². The molecular weight excluding hydrogens is 242 g/mol. The molecule has 0 radical (unpaired) electrons. The molecule has 3 nitrogen and oxygen atoms in total. The number of benzene rings is 1. The summed E-state index contributed by atoms with van der Waals surface area (Å²) in [5.41, 5.74) is 1.09. The molecule has 90 valence electrons. The summed E-state index contributed by atoms with van der Waals surface area (Å²) in [6.07, 6.45) is 5.64. The topological polar surface area (TPSA) is 30.7 Å². The third kappa shape index (κ3) is 2.38. The van der Waals surface area contributed by atoms with Gasteiger partial charge in [-0.15, -0.1) is 11.8 Å². The molecule has 18 heavy (non-hydrogen) atoms. The molecule has 0 unspecified atom stereocenters. The van der Waals surface area contributed by atoms with Crippen molar-refractivity contribution in [2.75, 3.05) is 5.75 Å². The Bertz CT molecular complexity index is 629. The van der Waals surface area contributed by atoms with Gasteiger partial charge in [-0.3, -0.25) is 9.67 Å². The SMILES string of the molecule is c1cnc2c(SCCn3cccn3)cccc2c1. The van der Waals surface area contributed by atoms with E-state index in [0.717, 1.165) is 17.8 Å². The Balaban J connectivity index is 1.74. The Kier molecular flexibility index (Phi) is 3.28. The highest BCUT2D eigenvalue weighted by atomic mass is 32.2. The molecule has 0 N–H and O–H groups in total. The molecule has 3 rings (SSSR count). The van der Waals surface area contributed by atoms with Crippen LogP contribution in [0, 0.1) is 0 Å². The normalized spacial score (nSPS) is 10.9. The van der Waals surface area contributed by atoms with Gasteiger partial charge in [0.2, 0.25) is 0 Å². The van der Waals surface area contributed by atoms with Crippen LogP contribution in [0.25, 0.3) is 10.9 Å². The minimum atomic E-state index is 0.918. The number of hydrogen-bond donors (Lipinski definition) is 0. The molecule has 0 saturated heterocycles. The summed E-state index contributed by atoms with van der Waals surface area (Å²) >= 11 is 1.82. The van der Waals surface area contributed by atoms with E-state index < -0.39 is 0 Å². The first-order chi connectivity index (χ1) is 8.93. The van der Waals surface area contributed by atoms with E-state index in [2.05, 4.69) is 34.3 Å². The first kappa shape index (κ1) is 11.3. The van der Waals surface area contributed by atoms with Gasteiger partial charge in [0.1, 0.15) is 0 Å². The van der Waals surface area contributed by atoms with Crippen molar-refractivity contribution in [3.63, 3.8) is 0 Å². The molecule has 0 fully saturated rings. The van der Waals surface area contributed by atoms with E-state index in [1.165, 1.54) is 10.3 Å². The lowest BCUT2D eigenvalue weighted by Crippen LogP contribution is -2.00. The van der Waals surface area contributed by atoms with Crippen molar-refractivity contribution in [3.8, 4) is 0 Å². The minimum absolute atomic E-state index is 0.918. The summed E-state index contributed by atoms with van der Waals surface area (Å²) in [6, 6.07) is 12.3. The Morgan fingerprint density at radius 1 is 1.06 bits per heavy atom. The monoisotopic (exact) mass is 255 g/mol. The van der Waals surface area contributed by atoms with Gasteiger partial charge in [-0.25, -0.2) is 0 Å². The molecule has 4 heteroatoms. The molecule has 0 aliphatic heterocycles. The largest absolute Gasteiger partial charge is 0.272 e. The second-order valence-electron chi connectivity index (χ2n) is 3.95. The predicted octanol–water partition coefficient (Wildman–Crippen LogP) is 3.22. The van der Waals surface area contributed by atoms with Crippen molar-refractivity contribution in [3.05, 3.63) is 55.0 Å². The van der Waals surface area contributed by atoms with Crippen molar-refractivity contribution in [2.24, 2.45) is 0 Å². The zero-order chi connectivity index (χ0) is 12.2. The highest BCUT2D eigenvalue weighted by Gasteiger charge is 2.02. The number of para-hydroxylation sites is 1. The molecule has 0 atom stereocenters. The summed E-state index contributed by atoms with van der Waals surface area (Å²) in [4.78, 5) is 5.69. The molecule has 0 saturated carbocycles. The lowest BCUT2D eigenvalue weighted by molar-refractivity contribution is 0.666. The van der Waals surface area contributed by atoms with Crippen LogP contribution in [-0.2, 0) is 6.54 Å². The van der Waals surface area contributed by atoms with E-state index >= 15 is 0 Å². The number of aromatic nitrogens is 3. The van der Waals surface area contributed by atoms with E-state index in [-0.39, 0.29) is 0 Å². The number of hydrogen-bond acceptors (Lipinski definition) is 3. The van der Waals surface area contributed by atoms with E-state index in [4.69, 9.17) is 0 Å². The molecule has 3 aromatic rings. The third-order valence-corrected chi connectivity index (χ3v) is 3.76. The molecule has 2 heterocycles. The maximum absolute atomic E-state index is 4.45. The smallest absolute Gasteiger partial charge is 0.0837 e. The van der Waals surface area contributed by atoms with Gasteiger partial charge in [-0.05, 0) is 18.2 Å². The number of pyridine rings is 1. The van der Waals surface area contributed by atoms with Gasteiger partial charge in [0.25, 0.3) is 0 Å². The van der Waals surface area contributed by atoms with E-state index in [1.807, 2.05) is 47.2 Å². The Morgan fingerprint density at radius 2 is 2.00 bits per heavy atom. The first-order valence-corrected chi connectivity index (χ1v) is 6.86. The molecule has 0 aliphatic rings. The summed E-state index contributed by atoms with van der Waals surface area (Å²) in [5.74, 6) is 0.997. The highest BCUT2D eigenvalue weighted by molar-refractivity contribution is 7.99. The van der Waals surface area contributed by atoms with Crippen LogP contribution < -0.4 is 0 Å². The fourth-order valence-electron chi connectivity index (χ4n) is 1.87. The number of rotatable bonds is 4. The average Bonchev–Trinajstić information content (AvgIpc) is 2.92. The van der Waals surface area contributed by atoms with E-state index in [0.29, 0.717) is 0 Å². The summed E-state index contributed by atoms with van der Waals surface area (Å²) in [5, 5.41) is 5.39. The maximum atomic E-state index is 4.45. The van der Waals surface area contributed by atoms with Crippen LogP contribution in [-0.4, -0.2) is 20.5 Å². The second kappa shape index (κ2) is 5.23. The molecule has 0 spiro atoms. The second-order valence-corrected chi connectivity index (χ2v) is 5.09. The molecule has 0 amide bonds. The molecule has 0 aliphatic carbocycles. The van der Waals surface area contributed by atoms with Crippen LogP contribution in [0.15, 0.2) is 59.9 Å². The van der Waals surface area contributed by atoms with Gasteiger partial charge < -0.3 is 0 Å². The fourth-order valence-corrected chi connectivity index (χ4v) is 2.85. The first-order valence-electron chi connectivity index (χ1n) is 5.87. The quantitative estimate of drug-likeness (QED) is 0.671. The van der Waals surface area contributed by atoms with Gasteiger partial charge in [0, 0.05) is 34.6 Å². The van der Waals surface area contributed by atoms with Crippen LogP contribution in [0.4, 0.5) is 0 Å². The van der Waals surface area contributed by atoms with Crippen molar-refractivity contribution >= 4 is 22.7 Å². The highest BCUT2D eigenvalue weighted by Crippen LogP contribution is 2.25. The standard InChI is InChI=1S/C14H13N3S/c1-4-12-5-2-7-15-14(12)13(6-1)18-11-10-17-9-3-8-16-17/h1-9H,10-11H2. The van der Waals surface area contributed by atoms with Crippen molar-refractivity contribution in [1.82, 2.24) is 14.8 Å². The molecule has 1 aromatic carbocycles.